The molecule has 1 amide bonds. The number of aromatic nitrogens is 1. The number of carbonyl (C=O) groups is 2. The van der Waals surface area contributed by atoms with Gasteiger partial charge in [0.1, 0.15) is 12.2 Å². The molecule has 0 aromatic carbocycles. The van der Waals surface area contributed by atoms with Crippen LogP contribution in [0.15, 0.2) is 17.5 Å². The SMILES string of the molecule is CC[C@H]1CCCCN1C(=O)Cn1c(C(=O)OC)cc2sccc21. The molecule has 1 aliphatic heterocycles. The van der Waals surface area contributed by atoms with E-state index in [1.165, 1.54) is 13.5 Å². The van der Waals surface area contributed by atoms with Crippen LogP contribution in [0.5, 0.6) is 0 Å². The first-order valence-electron chi connectivity index (χ1n) is 8.10. The first-order chi connectivity index (χ1) is 11.2. The highest BCUT2D eigenvalue weighted by Gasteiger charge is 2.27. The van der Waals surface area contributed by atoms with E-state index in [-0.39, 0.29) is 12.5 Å². The number of esters is 1. The number of likely N-dealkylation sites (tertiary alicyclic amines) is 1. The van der Waals surface area contributed by atoms with E-state index in [2.05, 4.69) is 6.92 Å². The summed E-state index contributed by atoms with van der Waals surface area (Å²) in [4.78, 5) is 26.8. The van der Waals surface area contributed by atoms with Crippen molar-refractivity contribution in [3.8, 4) is 0 Å². The predicted octanol–water partition coefficient (Wildman–Crippen LogP) is 3.28. The molecule has 23 heavy (non-hydrogen) atoms. The molecular weight excluding hydrogens is 312 g/mol. The van der Waals surface area contributed by atoms with Crippen molar-refractivity contribution in [1.82, 2.24) is 9.47 Å². The third-order valence-corrected chi connectivity index (χ3v) is 5.48. The molecule has 0 spiro atoms. The van der Waals surface area contributed by atoms with Gasteiger partial charge in [0, 0.05) is 12.6 Å². The Morgan fingerprint density at radius 2 is 2.22 bits per heavy atom. The molecule has 2 aromatic rings. The van der Waals surface area contributed by atoms with Gasteiger partial charge in [0.05, 0.1) is 17.3 Å². The molecule has 3 heterocycles. The van der Waals surface area contributed by atoms with Crippen LogP contribution in [0.3, 0.4) is 0 Å². The average Bonchev–Trinajstić information content (AvgIpc) is 3.16. The molecule has 124 valence electrons. The minimum Gasteiger partial charge on any atom is -0.464 e. The number of nitrogens with zero attached hydrogens (tertiary/aromatic N) is 2. The van der Waals surface area contributed by atoms with Gasteiger partial charge in [0.2, 0.25) is 5.91 Å². The summed E-state index contributed by atoms with van der Waals surface area (Å²) >= 11 is 1.56. The summed E-state index contributed by atoms with van der Waals surface area (Å²) in [5, 5.41) is 1.97. The maximum Gasteiger partial charge on any atom is 0.354 e. The number of thiophene rings is 1. The van der Waals surface area contributed by atoms with Crippen LogP contribution in [0.2, 0.25) is 0 Å². The maximum absolute atomic E-state index is 12.8. The van der Waals surface area contributed by atoms with Crippen molar-refractivity contribution in [1.29, 1.82) is 0 Å². The number of piperidine rings is 1. The molecular formula is C17H22N2O3S. The van der Waals surface area contributed by atoms with E-state index < -0.39 is 5.97 Å². The molecule has 0 aliphatic carbocycles. The Kier molecular flexibility index (Phi) is 4.71. The molecule has 6 heteroatoms. The first kappa shape index (κ1) is 16.1. The molecule has 3 rings (SSSR count). The molecule has 5 nitrogen and oxygen atoms in total. The third kappa shape index (κ3) is 3.00. The Bertz CT molecular complexity index is 719. The summed E-state index contributed by atoms with van der Waals surface area (Å²) < 4.78 is 7.66. The van der Waals surface area contributed by atoms with Gasteiger partial charge in [-0.15, -0.1) is 11.3 Å². The highest BCUT2D eigenvalue weighted by Crippen LogP contribution is 2.27. The van der Waals surface area contributed by atoms with Crippen LogP contribution in [0, 0.1) is 0 Å². The highest BCUT2D eigenvalue weighted by molar-refractivity contribution is 7.17. The quantitative estimate of drug-likeness (QED) is 0.806. The summed E-state index contributed by atoms with van der Waals surface area (Å²) in [6, 6.07) is 4.09. The van der Waals surface area contributed by atoms with Crippen LogP contribution in [0.1, 0.15) is 43.1 Å². The van der Waals surface area contributed by atoms with E-state index in [0.29, 0.717) is 11.7 Å². The summed E-state index contributed by atoms with van der Waals surface area (Å²) in [7, 11) is 1.37. The Hall–Kier alpha value is -1.82. The lowest BCUT2D eigenvalue weighted by atomic mass is 10.00. The lowest BCUT2D eigenvalue weighted by Crippen LogP contribution is -2.45. The van der Waals surface area contributed by atoms with Crippen LogP contribution < -0.4 is 0 Å². The number of hydrogen-bond donors (Lipinski definition) is 0. The van der Waals surface area contributed by atoms with Gasteiger partial charge in [0.25, 0.3) is 0 Å². The lowest BCUT2D eigenvalue weighted by molar-refractivity contribution is -0.135. The third-order valence-electron chi connectivity index (χ3n) is 4.63. The van der Waals surface area contributed by atoms with Gasteiger partial charge in [-0.05, 0) is 43.2 Å². The van der Waals surface area contributed by atoms with Crippen molar-refractivity contribution in [2.75, 3.05) is 13.7 Å². The van der Waals surface area contributed by atoms with E-state index >= 15 is 0 Å². The minimum atomic E-state index is -0.396. The lowest BCUT2D eigenvalue weighted by Gasteiger charge is -2.35. The second kappa shape index (κ2) is 6.74. The largest absolute Gasteiger partial charge is 0.464 e. The molecule has 0 bridgehead atoms. The molecule has 0 N–H and O–H groups in total. The van der Waals surface area contributed by atoms with E-state index in [1.54, 1.807) is 15.9 Å². The molecule has 2 aromatic heterocycles. The van der Waals surface area contributed by atoms with Gasteiger partial charge < -0.3 is 14.2 Å². The summed E-state index contributed by atoms with van der Waals surface area (Å²) in [6.45, 7) is 3.14. The van der Waals surface area contributed by atoms with Crippen molar-refractivity contribution >= 4 is 33.4 Å². The topological polar surface area (TPSA) is 51.5 Å². The molecule has 0 unspecified atom stereocenters. The molecule has 0 radical (unpaired) electrons. The molecule has 1 aliphatic rings. The van der Waals surface area contributed by atoms with Gasteiger partial charge in [0.15, 0.2) is 0 Å². The van der Waals surface area contributed by atoms with Crippen molar-refractivity contribution in [3.05, 3.63) is 23.2 Å². The normalized spacial score (nSPS) is 18.3. The first-order valence-corrected chi connectivity index (χ1v) is 8.98. The second-order valence-electron chi connectivity index (χ2n) is 5.92. The van der Waals surface area contributed by atoms with Crippen molar-refractivity contribution < 1.29 is 14.3 Å². The summed E-state index contributed by atoms with van der Waals surface area (Å²) in [5.74, 6) is -0.308. The van der Waals surface area contributed by atoms with Crippen LogP contribution in [0.4, 0.5) is 0 Å². The molecule has 1 saturated heterocycles. The zero-order valence-electron chi connectivity index (χ0n) is 13.6. The Morgan fingerprint density at radius 3 is 2.96 bits per heavy atom. The monoisotopic (exact) mass is 334 g/mol. The zero-order valence-corrected chi connectivity index (χ0v) is 14.4. The minimum absolute atomic E-state index is 0.0883. The molecule has 0 saturated carbocycles. The maximum atomic E-state index is 12.8. The predicted molar refractivity (Wildman–Crippen MR) is 90.8 cm³/mol. The van der Waals surface area contributed by atoms with Crippen molar-refractivity contribution in [3.63, 3.8) is 0 Å². The van der Waals surface area contributed by atoms with E-state index in [9.17, 15) is 9.59 Å². The number of fused-ring (bicyclic) bond motifs is 1. The van der Waals surface area contributed by atoms with Gasteiger partial charge in [-0.1, -0.05) is 6.92 Å². The zero-order chi connectivity index (χ0) is 16.4. The van der Waals surface area contributed by atoms with Gasteiger partial charge in [-0.2, -0.15) is 0 Å². The van der Waals surface area contributed by atoms with Gasteiger partial charge in [-0.25, -0.2) is 4.79 Å². The van der Waals surface area contributed by atoms with Crippen molar-refractivity contribution in [2.45, 2.75) is 45.2 Å². The van der Waals surface area contributed by atoms with Crippen LogP contribution in [-0.2, 0) is 16.1 Å². The molecule has 1 atom stereocenters. The summed E-state index contributed by atoms with van der Waals surface area (Å²) in [6.07, 6.45) is 4.31. The fourth-order valence-corrected chi connectivity index (χ4v) is 4.22. The fourth-order valence-electron chi connectivity index (χ4n) is 3.40. The number of amides is 1. The Balaban J connectivity index is 1.89. The number of ether oxygens (including phenoxy) is 1. The van der Waals surface area contributed by atoms with Crippen LogP contribution in [-0.4, -0.2) is 41.0 Å². The number of methoxy groups -OCH3 is 1. The number of hydrogen-bond acceptors (Lipinski definition) is 4. The smallest absolute Gasteiger partial charge is 0.354 e. The highest BCUT2D eigenvalue weighted by atomic mass is 32.1. The Labute approximate surface area is 139 Å². The van der Waals surface area contributed by atoms with E-state index in [1.807, 2.05) is 22.4 Å². The van der Waals surface area contributed by atoms with Crippen molar-refractivity contribution in [2.24, 2.45) is 0 Å². The average molecular weight is 334 g/mol. The Morgan fingerprint density at radius 1 is 1.39 bits per heavy atom. The van der Waals surface area contributed by atoms with Gasteiger partial charge >= 0.3 is 5.97 Å². The second-order valence-corrected chi connectivity index (χ2v) is 6.87. The fraction of sp³-hybridized carbons (Fsp3) is 0.529. The molecule has 1 fully saturated rings. The van der Waals surface area contributed by atoms with Crippen LogP contribution >= 0.6 is 11.3 Å². The standard InChI is InChI=1S/C17H22N2O3S/c1-3-12-6-4-5-8-18(12)16(20)11-19-13-7-9-23-15(13)10-14(19)17(21)22-2/h7,9-10,12H,3-6,8,11H2,1-2H3/t12-/m0/s1. The van der Waals surface area contributed by atoms with Crippen LogP contribution in [0.25, 0.3) is 10.2 Å². The summed E-state index contributed by atoms with van der Waals surface area (Å²) in [5.41, 5.74) is 1.38. The number of carbonyl (C=O) groups excluding carboxylic acids is 2. The van der Waals surface area contributed by atoms with Gasteiger partial charge in [-0.3, -0.25) is 4.79 Å². The van der Waals surface area contributed by atoms with E-state index in [0.717, 1.165) is 36.0 Å². The number of rotatable bonds is 4. The van der Waals surface area contributed by atoms with E-state index in [4.69, 9.17) is 4.74 Å².